The number of benzene rings is 1. The lowest BCUT2D eigenvalue weighted by atomic mass is 10.1. The summed E-state index contributed by atoms with van der Waals surface area (Å²) in [5.74, 6) is -2.77. The van der Waals surface area contributed by atoms with Crippen molar-refractivity contribution in [3.63, 3.8) is 0 Å². The molecule has 42 heavy (non-hydrogen) atoms. The molecule has 1 fully saturated rings. The van der Waals surface area contributed by atoms with Crippen LogP contribution in [0.5, 0.6) is 0 Å². The van der Waals surface area contributed by atoms with Crippen molar-refractivity contribution < 1.29 is 26.4 Å². The third-order valence-electron chi connectivity index (χ3n) is 6.49. The minimum Gasteiger partial charge on any atom is -0.343 e. The number of aromatic nitrogens is 7. The van der Waals surface area contributed by atoms with Gasteiger partial charge in [-0.15, -0.1) is 10.2 Å². The average molecular weight is 645 g/mol. The summed E-state index contributed by atoms with van der Waals surface area (Å²) in [7, 11) is -3.51. The van der Waals surface area contributed by atoms with Crippen molar-refractivity contribution in [2.24, 2.45) is 5.92 Å². The van der Waals surface area contributed by atoms with Gasteiger partial charge in [-0.1, -0.05) is 23.2 Å². The van der Waals surface area contributed by atoms with Crippen LogP contribution in [0.1, 0.15) is 12.2 Å². The van der Waals surface area contributed by atoms with Crippen molar-refractivity contribution in [2.75, 3.05) is 11.5 Å². The number of nitrogens with zero attached hydrogens (tertiary/aromatic N) is 7. The fourth-order valence-electron chi connectivity index (χ4n) is 4.38. The molecule has 12 nitrogen and oxygen atoms in total. The first-order chi connectivity index (χ1) is 19.8. The smallest absolute Gasteiger partial charge is 0.343 e. The molecular formula is C24H21Cl2F3N8O4S. The second-order valence-electron chi connectivity index (χ2n) is 9.50. The fourth-order valence-corrected chi connectivity index (χ4v) is 6.45. The van der Waals surface area contributed by atoms with Gasteiger partial charge in [0.25, 0.3) is 0 Å². The van der Waals surface area contributed by atoms with Gasteiger partial charge in [0.1, 0.15) is 18.9 Å². The number of hydrogen-bond acceptors (Lipinski definition) is 8. The van der Waals surface area contributed by atoms with E-state index in [0.29, 0.717) is 5.02 Å². The van der Waals surface area contributed by atoms with Crippen LogP contribution in [0, 0.1) is 5.92 Å². The zero-order chi connectivity index (χ0) is 30.2. The summed E-state index contributed by atoms with van der Waals surface area (Å²) in [5.41, 5.74) is -0.651. The van der Waals surface area contributed by atoms with Crippen LogP contribution in [0.4, 0.5) is 13.2 Å². The fraction of sp³-hybridized carbons (Fsp3) is 0.333. The summed E-state index contributed by atoms with van der Waals surface area (Å²) < 4.78 is 68.9. The zero-order valence-corrected chi connectivity index (χ0v) is 23.7. The van der Waals surface area contributed by atoms with Crippen molar-refractivity contribution in [3.05, 3.63) is 75.3 Å². The summed E-state index contributed by atoms with van der Waals surface area (Å²) in [6.45, 7) is -1.34. The lowest BCUT2D eigenvalue weighted by molar-refractivity contribution is -0.165. The molecule has 3 aromatic heterocycles. The Bertz CT molecular complexity index is 1790. The number of hydrogen-bond donors (Lipinski definition) is 1. The van der Waals surface area contributed by atoms with Gasteiger partial charge >= 0.3 is 11.9 Å². The third kappa shape index (κ3) is 6.50. The van der Waals surface area contributed by atoms with E-state index < -0.39 is 51.9 Å². The van der Waals surface area contributed by atoms with E-state index >= 15 is 0 Å². The summed E-state index contributed by atoms with van der Waals surface area (Å²) in [5, 5.41) is 11.0. The molecule has 0 saturated carbocycles. The summed E-state index contributed by atoms with van der Waals surface area (Å²) in [6.07, 6.45) is -2.26. The topological polar surface area (TPSA) is 147 Å². The first-order valence-corrected chi connectivity index (χ1v) is 14.9. The third-order valence-corrected chi connectivity index (χ3v) is 8.81. The molecule has 1 aromatic carbocycles. The van der Waals surface area contributed by atoms with E-state index in [-0.39, 0.29) is 46.8 Å². The van der Waals surface area contributed by atoms with Crippen molar-refractivity contribution >= 4 is 38.9 Å². The maximum Gasteiger partial charge on any atom is 0.410 e. The second kappa shape index (κ2) is 11.5. The Morgan fingerprint density at radius 2 is 1.86 bits per heavy atom. The number of rotatable bonds is 8. The minimum atomic E-state index is -4.98. The van der Waals surface area contributed by atoms with Crippen LogP contribution in [0.2, 0.25) is 10.0 Å². The Kier molecular flexibility index (Phi) is 8.13. The van der Waals surface area contributed by atoms with Gasteiger partial charge in [-0.2, -0.15) is 13.2 Å². The Balaban J connectivity index is 1.48. The predicted octanol–water partition coefficient (Wildman–Crippen LogP) is 2.52. The quantitative estimate of drug-likeness (QED) is 0.308. The highest BCUT2D eigenvalue weighted by atomic mass is 35.5. The van der Waals surface area contributed by atoms with Crippen LogP contribution in [0.3, 0.4) is 0 Å². The Morgan fingerprint density at radius 1 is 1.12 bits per heavy atom. The van der Waals surface area contributed by atoms with E-state index in [9.17, 15) is 31.2 Å². The highest BCUT2D eigenvalue weighted by molar-refractivity contribution is 7.91. The first kappa shape index (κ1) is 29.7. The molecule has 2 atom stereocenters. The minimum absolute atomic E-state index is 0.0873. The number of alkyl halides is 3. The van der Waals surface area contributed by atoms with Gasteiger partial charge in [0.2, 0.25) is 5.91 Å². The molecule has 1 aliphatic heterocycles. The Morgan fingerprint density at radius 3 is 2.50 bits per heavy atom. The van der Waals surface area contributed by atoms with Gasteiger partial charge in [0.15, 0.2) is 27.3 Å². The van der Waals surface area contributed by atoms with E-state index in [1.807, 2.05) is 5.32 Å². The van der Waals surface area contributed by atoms with Crippen molar-refractivity contribution in [3.8, 4) is 17.2 Å². The van der Waals surface area contributed by atoms with E-state index in [2.05, 4.69) is 20.2 Å². The maximum absolute atomic E-state index is 14.1. The zero-order valence-electron chi connectivity index (χ0n) is 21.4. The summed E-state index contributed by atoms with van der Waals surface area (Å²) in [6, 6.07) is 6.62. The SMILES string of the molecule is O=C(NC(Cn1c(-c2ccc(Cl)cc2)nn(Cc2ncn(-c3ncccc3Cl)n2)c1=O)C(F)(F)F)C1CCS(=O)(=O)C1. The molecule has 4 aromatic rings. The van der Waals surface area contributed by atoms with Crippen LogP contribution >= 0.6 is 23.2 Å². The number of nitrogens with one attached hydrogen (secondary N) is 1. The number of carbonyl (C=O) groups excluding carboxylic acids is 1. The highest BCUT2D eigenvalue weighted by Crippen LogP contribution is 2.26. The predicted molar refractivity (Wildman–Crippen MR) is 145 cm³/mol. The van der Waals surface area contributed by atoms with Crippen molar-refractivity contribution in [1.82, 2.24) is 39.4 Å². The first-order valence-electron chi connectivity index (χ1n) is 12.3. The summed E-state index contributed by atoms with van der Waals surface area (Å²) >= 11 is 12.1. The van der Waals surface area contributed by atoms with Gasteiger partial charge in [-0.25, -0.2) is 32.5 Å². The molecule has 1 N–H and O–H groups in total. The molecular weight excluding hydrogens is 624 g/mol. The Labute approximate surface area is 246 Å². The van der Waals surface area contributed by atoms with Crippen LogP contribution < -0.4 is 11.0 Å². The largest absolute Gasteiger partial charge is 0.410 e. The molecule has 0 aliphatic carbocycles. The van der Waals surface area contributed by atoms with Gasteiger partial charge in [0.05, 0.1) is 29.0 Å². The number of sulfone groups is 1. The number of amides is 1. The van der Waals surface area contributed by atoms with Crippen molar-refractivity contribution in [2.45, 2.75) is 31.7 Å². The van der Waals surface area contributed by atoms with Gasteiger partial charge in [-0.3, -0.25) is 9.36 Å². The van der Waals surface area contributed by atoms with Crippen molar-refractivity contribution in [1.29, 1.82) is 0 Å². The molecule has 1 aliphatic rings. The van der Waals surface area contributed by atoms with E-state index in [1.165, 1.54) is 41.5 Å². The van der Waals surface area contributed by atoms with Gasteiger partial charge in [0, 0.05) is 16.8 Å². The van der Waals surface area contributed by atoms with E-state index in [0.717, 1.165) is 9.25 Å². The highest BCUT2D eigenvalue weighted by Gasteiger charge is 2.44. The lowest BCUT2D eigenvalue weighted by Gasteiger charge is -2.23. The monoisotopic (exact) mass is 644 g/mol. The van der Waals surface area contributed by atoms with Gasteiger partial charge < -0.3 is 5.32 Å². The van der Waals surface area contributed by atoms with E-state index in [1.54, 1.807) is 12.1 Å². The molecule has 2 unspecified atom stereocenters. The molecule has 0 bridgehead atoms. The normalized spacial score (nSPS) is 17.3. The maximum atomic E-state index is 14.1. The van der Waals surface area contributed by atoms with E-state index in [4.69, 9.17) is 23.2 Å². The number of pyridine rings is 1. The Hall–Kier alpha value is -3.76. The van der Waals surface area contributed by atoms with Crippen LogP contribution in [-0.4, -0.2) is 72.1 Å². The molecule has 0 spiro atoms. The second-order valence-corrected chi connectivity index (χ2v) is 12.6. The standard InChI is InChI=1S/C24H21Cl2F3N8O4S/c25-16-5-3-14(4-6-16)20-34-36(11-19-31-13-37(33-19)21-17(26)2-1-8-30-21)23(39)35(20)10-18(24(27,28)29)32-22(38)15-7-9-42(40,41)12-15/h1-6,8,13,15,18H,7,9-12H2,(H,32,38). The lowest BCUT2D eigenvalue weighted by Crippen LogP contribution is -2.51. The van der Waals surface area contributed by atoms with Crippen LogP contribution in [-0.2, 0) is 27.7 Å². The molecule has 0 radical (unpaired) electrons. The molecule has 4 heterocycles. The molecule has 1 saturated heterocycles. The summed E-state index contributed by atoms with van der Waals surface area (Å²) in [4.78, 5) is 34.3. The average Bonchev–Trinajstić information content (AvgIpc) is 3.62. The molecule has 18 heteroatoms. The van der Waals surface area contributed by atoms with Crippen LogP contribution in [0.25, 0.3) is 17.2 Å². The molecule has 5 rings (SSSR count). The van der Waals surface area contributed by atoms with Crippen LogP contribution in [0.15, 0.2) is 53.7 Å². The number of carbonyl (C=O) groups is 1. The molecule has 222 valence electrons. The number of halogens is 5. The molecule has 1 amide bonds. The van der Waals surface area contributed by atoms with Gasteiger partial charge in [-0.05, 0) is 42.8 Å².